The molecule has 7 heteroatoms. The number of nitro groups is 1. The molecule has 7 nitrogen and oxygen atoms in total. The Morgan fingerprint density at radius 2 is 2.21 bits per heavy atom. The molecule has 0 fully saturated rings. The molecule has 0 saturated carbocycles. The van der Waals surface area contributed by atoms with Gasteiger partial charge in [0.2, 0.25) is 5.91 Å². The maximum absolute atomic E-state index is 11.2. The third-order valence-electron chi connectivity index (χ3n) is 2.43. The van der Waals surface area contributed by atoms with Crippen molar-refractivity contribution in [3.63, 3.8) is 0 Å². The first-order valence-corrected chi connectivity index (χ1v) is 5.91. The number of nitrogens with one attached hydrogen (secondary N) is 2. The fraction of sp³-hybridized carbons (Fsp3) is 0.417. The van der Waals surface area contributed by atoms with Gasteiger partial charge in [-0.3, -0.25) is 14.9 Å². The van der Waals surface area contributed by atoms with Crippen molar-refractivity contribution >= 4 is 17.3 Å². The first-order valence-electron chi connectivity index (χ1n) is 5.91. The lowest BCUT2D eigenvalue weighted by Gasteiger charge is -2.08. The third kappa shape index (κ3) is 4.46. The maximum atomic E-state index is 11.2. The molecule has 1 rings (SSSR count). The van der Waals surface area contributed by atoms with Crippen LogP contribution in [-0.4, -0.2) is 31.0 Å². The van der Waals surface area contributed by atoms with E-state index < -0.39 is 4.92 Å². The van der Waals surface area contributed by atoms with Crippen LogP contribution in [0, 0.1) is 10.1 Å². The van der Waals surface area contributed by atoms with Crippen LogP contribution in [0.4, 0.5) is 11.4 Å². The lowest BCUT2D eigenvalue weighted by molar-refractivity contribution is -0.385. The van der Waals surface area contributed by atoms with Crippen molar-refractivity contribution in [2.24, 2.45) is 0 Å². The Morgan fingerprint density at radius 3 is 2.79 bits per heavy atom. The van der Waals surface area contributed by atoms with Crippen molar-refractivity contribution in [1.29, 1.82) is 0 Å². The van der Waals surface area contributed by atoms with Gasteiger partial charge < -0.3 is 15.4 Å². The van der Waals surface area contributed by atoms with Gasteiger partial charge in [-0.25, -0.2) is 0 Å². The van der Waals surface area contributed by atoms with Gasteiger partial charge in [-0.15, -0.1) is 0 Å². The minimum atomic E-state index is -0.503. The molecular weight excluding hydrogens is 250 g/mol. The molecule has 0 heterocycles. The molecular formula is C12H17N3O4. The first-order chi connectivity index (χ1) is 9.08. The average molecular weight is 267 g/mol. The minimum Gasteiger partial charge on any atom is -0.490 e. The topological polar surface area (TPSA) is 93.5 Å². The Bertz CT molecular complexity index is 462. The van der Waals surface area contributed by atoms with Crippen molar-refractivity contribution in [2.45, 2.75) is 13.3 Å². The molecule has 0 aromatic heterocycles. The number of methoxy groups -OCH3 is 1. The van der Waals surface area contributed by atoms with E-state index in [0.29, 0.717) is 25.2 Å². The summed E-state index contributed by atoms with van der Waals surface area (Å²) in [6.45, 7) is 2.91. The molecule has 0 aliphatic carbocycles. The van der Waals surface area contributed by atoms with Gasteiger partial charge in [0, 0.05) is 37.3 Å². The van der Waals surface area contributed by atoms with Gasteiger partial charge >= 0.3 is 5.69 Å². The molecule has 0 saturated heterocycles. The van der Waals surface area contributed by atoms with E-state index in [9.17, 15) is 14.9 Å². The Hall–Kier alpha value is -2.31. The number of hydrogen-bond acceptors (Lipinski definition) is 5. The van der Waals surface area contributed by atoms with Crippen molar-refractivity contribution in [3.8, 4) is 5.75 Å². The second-order valence-electron chi connectivity index (χ2n) is 3.77. The number of benzene rings is 1. The summed E-state index contributed by atoms with van der Waals surface area (Å²) in [5.74, 6) is 0.150. The van der Waals surface area contributed by atoms with Crippen LogP contribution < -0.4 is 15.4 Å². The molecule has 0 atom stereocenters. The summed E-state index contributed by atoms with van der Waals surface area (Å²) in [4.78, 5) is 21.5. The summed E-state index contributed by atoms with van der Waals surface area (Å²) in [6.07, 6.45) is 0.340. The lowest BCUT2D eigenvalue weighted by atomic mass is 10.2. The number of carbonyl (C=O) groups is 1. The van der Waals surface area contributed by atoms with Crippen LogP contribution in [0.1, 0.15) is 13.3 Å². The second-order valence-corrected chi connectivity index (χ2v) is 3.77. The highest BCUT2D eigenvalue weighted by atomic mass is 16.6. The van der Waals surface area contributed by atoms with Crippen LogP contribution in [0.25, 0.3) is 0 Å². The Balaban J connectivity index is 2.60. The summed E-state index contributed by atoms with van der Waals surface area (Å²) in [5.41, 5.74) is 0.587. The summed E-state index contributed by atoms with van der Waals surface area (Å²) in [5, 5.41) is 16.4. The van der Waals surface area contributed by atoms with Gasteiger partial charge in [0.25, 0.3) is 0 Å². The van der Waals surface area contributed by atoms with E-state index in [-0.39, 0.29) is 17.3 Å². The normalized spacial score (nSPS) is 9.79. The fourth-order valence-corrected chi connectivity index (χ4v) is 1.54. The first kappa shape index (κ1) is 14.7. The molecule has 0 radical (unpaired) electrons. The molecule has 0 spiro atoms. The summed E-state index contributed by atoms with van der Waals surface area (Å²) in [7, 11) is 1.38. The Kier molecular flexibility index (Phi) is 5.59. The molecule has 19 heavy (non-hydrogen) atoms. The van der Waals surface area contributed by atoms with E-state index in [1.807, 2.05) is 6.92 Å². The third-order valence-corrected chi connectivity index (χ3v) is 2.43. The van der Waals surface area contributed by atoms with Crippen LogP contribution in [-0.2, 0) is 4.79 Å². The average Bonchev–Trinajstić information content (AvgIpc) is 2.38. The van der Waals surface area contributed by atoms with E-state index in [0.717, 1.165) is 0 Å². The van der Waals surface area contributed by atoms with Gasteiger partial charge in [0.1, 0.15) is 0 Å². The van der Waals surface area contributed by atoms with Crippen LogP contribution in [0.15, 0.2) is 18.2 Å². The molecule has 0 aliphatic heterocycles. The molecule has 0 bridgehead atoms. The minimum absolute atomic E-state index is 0.0381. The van der Waals surface area contributed by atoms with Crippen molar-refractivity contribution in [3.05, 3.63) is 28.3 Å². The zero-order valence-electron chi connectivity index (χ0n) is 10.9. The summed E-state index contributed by atoms with van der Waals surface area (Å²) >= 11 is 0. The highest BCUT2D eigenvalue weighted by Crippen LogP contribution is 2.29. The number of nitro benzene ring substituents is 1. The largest absolute Gasteiger partial charge is 0.490 e. The van der Waals surface area contributed by atoms with Crippen LogP contribution in [0.3, 0.4) is 0 Å². The van der Waals surface area contributed by atoms with Gasteiger partial charge in [-0.05, 0) is 13.0 Å². The van der Waals surface area contributed by atoms with Crippen molar-refractivity contribution in [2.75, 3.05) is 25.5 Å². The zero-order chi connectivity index (χ0) is 14.3. The Labute approximate surface area is 111 Å². The lowest BCUT2D eigenvalue weighted by Crippen LogP contribution is -2.24. The van der Waals surface area contributed by atoms with Gasteiger partial charge in [0.15, 0.2) is 5.75 Å². The van der Waals surface area contributed by atoms with Crippen LogP contribution in [0.5, 0.6) is 5.75 Å². The molecule has 1 aromatic carbocycles. The second kappa shape index (κ2) is 7.20. The molecule has 0 unspecified atom stereocenters. The number of anilines is 1. The number of hydrogen-bond donors (Lipinski definition) is 2. The smallest absolute Gasteiger partial charge is 0.311 e. The molecule has 1 amide bonds. The van der Waals surface area contributed by atoms with Gasteiger partial charge in [-0.2, -0.15) is 0 Å². The molecule has 1 aromatic rings. The number of carbonyl (C=O) groups excluding carboxylic acids is 1. The van der Waals surface area contributed by atoms with E-state index in [2.05, 4.69) is 10.6 Å². The number of nitrogens with zero attached hydrogens (tertiary/aromatic N) is 1. The number of ether oxygens (including phenoxy) is 1. The van der Waals surface area contributed by atoms with Crippen molar-refractivity contribution in [1.82, 2.24) is 5.32 Å². The molecule has 0 aliphatic rings. The monoisotopic (exact) mass is 267 g/mol. The van der Waals surface area contributed by atoms with E-state index in [4.69, 9.17) is 4.74 Å². The van der Waals surface area contributed by atoms with Crippen LogP contribution >= 0.6 is 0 Å². The van der Waals surface area contributed by atoms with E-state index >= 15 is 0 Å². The Morgan fingerprint density at radius 1 is 1.47 bits per heavy atom. The predicted molar refractivity (Wildman–Crippen MR) is 71.4 cm³/mol. The molecule has 104 valence electrons. The molecule has 2 N–H and O–H groups in total. The standard InChI is InChI=1S/C12H17N3O4/c1-3-13-12(16)6-7-14-9-4-5-10(15(17)18)11(8-9)19-2/h4-5,8,14H,3,6-7H2,1-2H3,(H,13,16). The highest BCUT2D eigenvalue weighted by molar-refractivity contribution is 5.76. The van der Waals surface area contributed by atoms with Crippen LogP contribution in [0.2, 0.25) is 0 Å². The van der Waals surface area contributed by atoms with E-state index in [1.165, 1.54) is 19.2 Å². The van der Waals surface area contributed by atoms with Gasteiger partial charge in [-0.1, -0.05) is 0 Å². The number of amides is 1. The quantitative estimate of drug-likeness (QED) is 0.577. The SMILES string of the molecule is CCNC(=O)CCNc1ccc([N+](=O)[O-])c(OC)c1. The zero-order valence-corrected chi connectivity index (χ0v) is 10.9. The van der Waals surface area contributed by atoms with Gasteiger partial charge in [0.05, 0.1) is 12.0 Å². The fourth-order valence-electron chi connectivity index (χ4n) is 1.54. The summed E-state index contributed by atoms with van der Waals surface area (Å²) in [6, 6.07) is 4.49. The van der Waals surface area contributed by atoms with E-state index in [1.54, 1.807) is 6.07 Å². The summed E-state index contributed by atoms with van der Waals surface area (Å²) < 4.78 is 4.95. The highest BCUT2D eigenvalue weighted by Gasteiger charge is 2.14. The predicted octanol–water partition coefficient (Wildman–Crippen LogP) is 1.54. The maximum Gasteiger partial charge on any atom is 0.311 e. The number of rotatable bonds is 7. The van der Waals surface area contributed by atoms with Crippen molar-refractivity contribution < 1.29 is 14.5 Å².